The number of rotatable bonds is 4. The van der Waals surface area contributed by atoms with Gasteiger partial charge in [0, 0.05) is 6.54 Å². The van der Waals surface area contributed by atoms with Gasteiger partial charge in [0.1, 0.15) is 11.8 Å². The lowest BCUT2D eigenvalue weighted by atomic mass is 10.2. The van der Waals surface area contributed by atoms with Crippen LogP contribution in [0.25, 0.3) is 0 Å². The number of aliphatic hydroxyl groups is 1. The van der Waals surface area contributed by atoms with Gasteiger partial charge in [-0.25, -0.2) is 0 Å². The summed E-state index contributed by atoms with van der Waals surface area (Å²) in [6.07, 6.45) is 0.795. The summed E-state index contributed by atoms with van der Waals surface area (Å²) in [5, 5.41) is 16.9. The smallest absolute Gasteiger partial charge is 0.163 e. The molecule has 0 aliphatic carbocycles. The summed E-state index contributed by atoms with van der Waals surface area (Å²) in [6.45, 7) is 2.62. The second kappa shape index (κ2) is 5.08. The van der Waals surface area contributed by atoms with Crippen LogP contribution in [0.5, 0.6) is 5.75 Å². The molecule has 2 rings (SSSR count). The molecule has 2 aromatic heterocycles. The molecule has 0 aliphatic rings. The van der Waals surface area contributed by atoms with Crippen molar-refractivity contribution in [1.82, 2.24) is 9.78 Å². The molecule has 4 nitrogen and oxygen atoms in total. The van der Waals surface area contributed by atoms with Gasteiger partial charge in [-0.2, -0.15) is 5.10 Å². The van der Waals surface area contributed by atoms with Crippen molar-refractivity contribution in [1.29, 1.82) is 0 Å². The highest BCUT2D eigenvalue weighted by Crippen LogP contribution is 2.36. The Balaban J connectivity index is 2.45. The van der Waals surface area contributed by atoms with Crippen molar-refractivity contribution in [2.24, 2.45) is 0 Å². The first kappa shape index (κ1) is 12.4. The van der Waals surface area contributed by atoms with Gasteiger partial charge >= 0.3 is 0 Å². The maximum absolute atomic E-state index is 10.4. The van der Waals surface area contributed by atoms with Gasteiger partial charge in [-0.15, -0.1) is 11.3 Å². The first-order valence-electron chi connectivity index (χ1n) is 5.19. The number of hydrogen-bond donors (Lipinski definition) is 1. The number of hydrogen-bond acceptors (Lipinski definition) is 4. The highest BCUT2D eigenvalue weighted by molar-refractivity contribution is 7.10. The van der Waals surface area contributed by atoms with Crippen molar-refractivity contribution in [3.05, 3.63) is 33.2 Å². The number of aromatic nitrogens is 2. The second-order valence-electron chi connectivity index (χ2n) is 3.45. The largest absolute Gasteiger partial charge is 0.493 e. The van der Waals surface area contributed by atoms with E-state index in [4.69, 9.17) is 16.3 Å². The molecule has 0 fully saturated rings. The fraction of sp³-hybridized carbons (Fsp3) is 0.364. The zero-order valence-corrected chi connectivity index (χ0v) is 11.1. The molecule has 1 atom stereocenters. The minimum atomic E-state index is -0.806. The molecular formula is C11H13ClN2O2S. The molecule has 0 saturated heterocycles. The average molecular weight is 273 g/mol. The van der Waals surface area contributed by atoms with Crippen molar-refractivity contribution >= 4 is 22.9 Å². The van der Waals surface area contributed by atoms with Crippen molar-refractivity contribution < 1.29 is 9.84 Å². The lowest BCUT2D eigenvalue weighted by Gasteiger charge is -2.13. The van der Waals surface area contributed by atoms with Crippen molar-refractivity contribution in [2.45, 2.75) is 19.6 Å². The molecule has 92 valence electrons. The monoisotopic (exact) mass is 272 g/mol. The molecule has 0 radical (unpaired) electrons. The maximum atomic E-state index is 10.4. The van der Waals surface area contributed by atoms with Crippen molar-refractivity contribution in [3.63, 3.8) is 0 Å². The minimum Gasteiger partial charge on any atom is -0.493 e. The third-order valence-corrected chi connectivity index (χ3v) is 3.93. The third-order valence-electron chi connectivity index (χ3n) is 2.52. The zero-order chi connectivity index (χ0) is 12.4. The number of methoxy groups -OCH3 is 1. The zero-order valence-electron chi connectivity index (χ0n) is 9.55. The summed E-state index contributed by atoms with van der Waals surface area (Å²) in [6, 6.07) is 1.77. The van der Waals surface area contributed by atoms with E-state index in [2.05, 4.69) is 5.10 Å². The standard InChI is InChI=1S/C11H13ClN2O2S/c1-3-14-9(8(16-2)6-13-14)10(15)11-7(12)4-5-17-11/h4-6,10,15H,3H2,1-2H3. The first-order valence-corrected chi connectivity index (χ1v) is 6.45. The fourth-order valence-corrected chi connectivity index (χ4v) is 2.83. The van der Waals surface area contributed by atoms with Crippen LogP contribution in [0.1, 0.15) is 23.6 Å². The van der Waals surface area contributed by atoms with E-state index in [0.29, 0.717) is 27.9 Å². The predicted molar refractivity (Wildman–Crippen MR) is 67.8 cm³/mol. The Morgan fingerprint density at radius 2 is 2.41 bits per heavy atom. The molecule has 2 heterocycles. The maximum Gasteiger partial charge on any atom is 0.163 e. The van der Waals surface area contributed by atoms with Gasteiger partial charge in [-0.1, -0.05) is 11.6 Å². The summed E-state index contributed by atoms with van der Waals surface area (Å²) in [4.78, 5) is 0.708. The van der Waals surface area contributed by atoms with E-state index in [-0.39, 0.29) is 0 Å². The normalized spacial score (nSPS) is 12.7. The minimum absolute atomic E-state index is 0.563. The van der Waals surface area contributed by atoms with Crippen LogP contribution in [0.2, 0.25) is 5.02 Å². The summed E-state index contributed by atoms with van der Waals surface area (Å²) in [5.41, 5.74) is 0.638. The molecule has 0 bridgehead atoms. The number of thiophene rings is 1. The highest BCUT2D eigenvalue weighted by atomic mass is 35.5. The molecule has 2 aromatic rings. The van der Waals surface area contributed by atoms with E-state index in [9.17, 15) is 5.11 Å². The van der Waals surface area contributed by atoms with E-state index in [1.54, 1.807) is 24.1 Å². The van der Waals surface area contributed by atoms with Crippen LogP contribution in [-0.4, -0.2) is 22.0 Å². The van der Waals surface area contributed by atoms with Gasteiger partial charge in [0.15, 0.2) is 5.75 Å². The molecule has 6 heteroatoms. The van der Waals surface area contributed by atoms with Crippen LogP contribution in [0, 0.1) is 0 Å². The van der Waals surface area contributed by atoms with Gasteiger partial charge in [0.25, 0.3) is 0 Å². The molecular weight excluding hydrogens is 260 g/mol. The van der Waals surface area contributed by atoms with Crippen LogP contribution in [0.3, 0.4) is 0 Å². The molecule has 1 unspecified atom stereocenters. The predicted octanol–water partition coefficient (Wildman–Crippen LogP) is 2.71. The van der Waals surface area contributed by atoms with Crippen LogP contribution in [0.4, 0.5) is 0 Å². The first-order chi connectivity index (χ1) is 8.19. The summed E-state index contributed by atoms with van der Waals surface area (Å²) in [5.74, 6) is 0.573. The van der Waals surface area contributed by atoms with E-state index in [0.717, 1.165) is 0 Å². The Labute approximate surface area is 108 Å². The molecule has 0 saturated carbocycles. The lowest BCUT2D eigenvalue weighted by Crippen LogP contribution is -2.09. The fourth-order valence-electron chi connectivity index (χ4n) is 1.69. The number of ether oxygens (including phenoxy) is 1. The summed E-state index contributed by atoms with van der Waals surface area (Å²) < 4.78 is 6.91. The van der Waals surface area contributed by atoms with E-state index < -0.39 is 6.10 Å². The van der Waals surface area contributed by atoms with Crippen LogP contribution in [-0.2, 0) is 6.54 Å². The van der Waals surface area contributed by atoms with Crippen molar-refractivity contribution in [3.8, 4) is 5.75 Å². The molecule has 0 spiro atoms. The average Bonchev–Trinajstić information content (AvgIpc) is 2.93. The summed E-state index contributed by atoms with van der Waals surface area (Å²) in [7, 11) is 1.56. The SMILES string of the molecule is CCn1ncc(OC)c1C(O)c1sccc1Cl. The lowest BCUT2D eigenvalue weighted by molar-refractivity contribution is 0.206. The van der Waals surface area contributed by atoms with Crippen LogP contribution in [0.15, 0.2) is 17.6 Å². The van der Waals surface area contributed by atoms with E-state index in [1.807, 2.05) is 12.3 Å². The van der Waals surface area contributed by atoms with Crippen LogP contribution < -0.4 is 4.74 Å². The number of aliphatic hydroxyl groups excluding tert-OH is 1. The molecule has 0 aromatic carbocycles. The molecule has 1 N–H and O–H groups in total. The molecule has 0 amide bonds. The second-order valence-corrected chi connectivity index (χ2v) is 4.80. The van der Waals surface area contributed by atoms with E-state index in [1.165, 1.54) is 11.3 Å². The van der Waals surface area contributed by atoms with Gasteiger partial charge in [-0.3, -0.25) is 4.68 Å². The van der Waals surface area contributed by atoms with Gasteiger partial charge in [0.2, 0.25) is 0 Å². The number of nitrogens with zero attached hydrogens (tertiary/aromatic N) is 2. The van der Waals surface area contributed by atoms with Gasteiger partial charge in [-0.05, 0) is 18.4 Å². The highest BCUT2D eigenvalue weighted by Gasteiger charge is 2.23. The number of aryl methyl sites for hydroxylation is 1. The Hall–Kier alpha value is -1.04. The molecule has 0 aliphatic heterocycles. The van der Waals surface area contributed by atoms with Gasteiger partial charge in [0.05, 0.1) is 23.2 Å². The van der Waals surface area contributed by atoms with Crippen LogP contribution >= 0.6 is 22.9 Å². The molecule has 17 heavy (non-hydrogen) atoms. The third kappa shape index (κ3) is 2.18. The Morgan fingerprint density at radius 1 is 1.65 bits per heavy atom. The Morgan fingerprint density at radius 3 is 2.94 bits per heavy atom. The van der Waals surface area contributed by atoms with Gasteiger partial charge < -0.3 is 9.84 Å². The quantitative estimate of drug-likeness (QED) is 0.931. The Bertz CT molecular complexity index is 488. The van der Waals surface area contributed by atoms with E-state index >= 15 is 0 Å². The van der Waals surface area contributed by atoms with Crippen molar-refractivity contribution in [2.75, 3.05) is 7.11 Å². The number of halogens is 1. The topological polar surface area (TPSA) is 47.3 Å². The summed E-state index contributed by atoms with van der Waals surface area (Å²) >= 11 is 7.44. The Kier molecular flexibility index (Phi) is 3.71.